The molecule has 0 aliphatic heterocycles. The second kappa shape index (κ2) is 7.98. The molecule has 0 aliphatic carbocycles. The van der Waals surface area contributed by atoms with E-state index in [1.165, 1.54) is 0 Å². The average Bonchev–Trinajstić information content (AvgIpc) is 3.16. The van der Waals surface area contributed by atoms with Gasteiger partial charge in [-0.25, -0.2) is 0 Å². The molecule has 3 aromatic carbocycles. The number of hydrogen-bond donors (Lipinski definition) is 3. The molecule has 0 spiro atoms. The summed E-state index contributed by atoms with van der Waals surface area (Å²) < 4.78 is 0. The second-order valence-electron chi connectivity index (χ2n) is 6.81. The van der Waals surface area contributed by atoms with E-state index in [9.17, 15) is 9.59 Å². The molecule has 0 saturated heterocycles. The van der Waals surface area contributed by atoms with Crippen LogP contribution in [0.5, 0.6) is 0 Å². The first kappa shape index (κ1) is 18.4. The number of nitrogens with two attached hydrogens (primary N) is 1. The van der Waals surface area contributed by atoms with Gasteiger partial charge >= 0.3 is 0 Å². The highest BCUT2D eigenvalue weighted by atomic mass is 16.1. The third-order valence-corrected chi connectivity index (χ3v) is 4.75. The van der Waals surface area contributed by atoms with Crippen LogP contribution in [-0.4, -0.2) is 22.0 Å². The van der Waals surface area contributed by atoms with Crippen molar-refractivity contribution in [3.05, 3.63) is 83.9 Å². The van der Waals surface area contributed by atoms with Crippen molar-refractivity contribution in [1.29, 1.82) is 0 Å². The molecule has 1 aromatic heterocycles. The highest BCUT2D eigenvalue weighted by molar-refractivity contribution is 6.01. The van der Waals surface area contributed by atoms with Crippen molar-refractivity contribution in [3.8, 4) is 11.3 Å². The van der Waals surface area contributed by atoms with Crippen LogP contribution in [0, 0.1) is 0 Å². The number of rotatable bonds is 6. The quantitative estimate of drug-likeness (QED) is 0.470. The van der Waals surface area contributed by atoms with Crippen LogP contribution in [0.1, 0.15) is 22.3 Å². The van der Waals surface area contributed by atoms with E-state index in [-0.39, 0.29) is 5.91 Å². The van der Waals surface area contributed by atoms with E-state index in [0.29, 0.717) is 29.8 Å². The Morgan fingerprint density at radius 2 is 1.79 bits per heavy atom. The lowest BCUT2D eigenvalue weighted by Gasteiger charge is -2.07. The summed E-state index contributed by atoms with van der Waals surface area (Å²) in [4.78, 5) is 23.8. The van der Waals surface area contributed by atoms with Gasteiger partial charge in [0.1, 0.15) is 0 Å². The second-order valence-corrected chi connectivity index (χ2v) is 6.81. The van der Waals surface area contributed by atoms with Crippen LogP contribution in [-0.2, 0) is 11.2 Å². The van der Waals surface area contributed by atoms with E-state index < -0.39 is 5.91 Å². The summed E-state index contributed by atoms with van der Waals surface area (Å²) in [6.07, 6.45) is 1.09. The fraction of sp³-hybridized carbons (Fsp3) is 0.0870. The van der Waals surface area contributed by atoms with E-state index in [2.05, 4.69) is 15.5 Å². The molecule has 6 heteroatoms. The van der Waals surface area contributed by atoms with Crippen molar-refractivity contribution >= 4 is 28.4 Å². The maximum absolute atomic E-state index is 12.3. The SMILES string of the molecule is NC(=O)c1ccc2[nH]nc(-c3cccc(NC(=O)CCc4ccccc4)c3)c2c1. The van der Waals surface area contributed by atoms with Crippen molar-refractivity contribution < 1.29 is 9.59 Å². The van der Waals surface area contributed by atoms with Gasteiger partial charge < -0.3 is 11.1 Å². The zero-order valence-electron chi connectivity index (χ0n) is 15.7. The lowest BCUT2D eigenvalue weighted by atomic mass is 10.0. The number of hydrogen-bond acceptors (Lipinski definition) is 3. The van der Waals surface area contributed by atoms with Crippen LogP contribution in [0.25, 0.3) is 22.2 Å². The molecule has 29 heavy (non-hydrogen) atoms. The van der Waals surface area contributed by atoms with Crippen LogP contribution in [0.2, 0.25) is 0 Å². The molecule has 0 aliphatic rings. The van der Waals surface area contributed by atoms with Crippen molar-refractivity contribution in [1.82, 2.24) is 10.2 Å². The number of aromatic nitrogens is 2. The van der Waals surface area contributed by atoms with Gasteiger partial charge in [-0.15, -0.1) is 0 Å². The number of aryl methyl sites for hydroxylation is 1. The van der Waals surface area contributed by atoms with Crippen LogP contribution in [0.4, 0.5) is 5.69 Å². The lowest BCUT2D eigenvalue weighted by Crippen LogP contribution is -2.12. The summed E-state index contributed by atoms with van der Waals surface area (Å²) in [7, 11) is 0. The first-order valence-electron chi connectivity index (χ1n) is 9.32. The molecule has 0 unspecified atom stereocenters. The Labute approximate surface area is 167 Å². The normalized spacial score (nSPS) is 10.8. The van der Waals surface area contributed by atoms with E-state index in [4.69, 9.17) is 5.73 Å². The number of benzene rings is 3. The maximum Gasteiger partial charge on any atom is 0.248 e. The van der Waals surface area contributed by atoms with Gasteiger partial charge in [0.05, 0.1) is 11.2 Å². The van der Waals surface area contributed by atoms with E-state index >= 15 is 0 Å². The molecular formula is C23H20N4O2. The summed E-state index contributed by atoms with van der Waals surface area (Å²) >= 11 is 0. The number of carbonyl (C=O) groups excluding carboxylic acids is 2. The van der Waals surface area contributed by atoms with E-state index in [1.54, 1.807) is 18.2 Å². The average molecular weight is 384 g/mol. The van der Waals surface area contributed by atoms with Gasteiger partial charge in [-0.3, -0.25) is 14.7 Å². The minimum atomic E-state index is -0.488. The molecule has 4 aromatic rings. The summed E-state index contributed by atoms with van der Waals surface area (Å²) in [5, 5.41) is 11.1. The van der Waals surface area contributed by atoms with Crippen molar-refractivity contribution in [3.63, 3.8) is 0 Å². The van der Waals surface area contributed by atoms with Gasteiger partial charge in [-0.05, 0) is 42.3 Å². The lowest BCUT2D eigenvalue weighted by molar-refractivity contribution is -0.116. The Kier molecular flexibility index (Phi) is 5.07. The molecule has 4 N–H and O–H groups in total. The fourth-order valence-electron chi connectivity index (χ4n) is 3.26. The minimum Gasteiger partial charge on any atom is -0.366 e. The van der Waals surface area contributed by atoms with Gasteiger partial charge in [0.15, 0.2) is 0 Å². The number of amides is 2. The van der Waals surface area contributed by atoms with Crippen LogP contribution >= 0.6 is 0 Å². The Morgan fingerprint density at radius 1 is 0.966 bits per heavy atom. The number of carbonyl (C=O) groups is 2. The Balaban J connectivity index is 1.53. The molecule has 2 amide bonds. The van der Waals surface area contributed by atoms with Crippen LogP contribution < -0.4 is 11.1 Å². The number of fused-ring (bicyclic) bond motifs is 1. The summed E-state index contributed by atoms with van der Waals surface area (Å²) in [5.74, 6) is -0.535. The number of anilines is 1. The monoisotopic (exact) mass is 384 g/mol. The molecule has 0 atom stereocenters. The Hall–Kier alpha value is -3.93. The predicted molar refractivity (Wildman–Crippen MR) is 113 cm³/mol. The molecule has 0 fully saturated rings. The van der Waals surface area contributed by atoms with Crippen molar-refractivity contribution in [2.75, 3.05) is 5.32 Å². The Morgan fingerprint density at radius 3 is 2.59 bits per heavy atom. The number of aromatic amines is 1. The molecule has 6 nitrogen and oxygen atoms in total. The fourth-order valence-corrected chi connectivity index (χ4v) is 3.26. The first-order chi connectivity index (χ1) is 14.1. The minimum absolute atomic E-state index is 0.0473. The number of H-pyrrole nitrogens is 1. The zero-order valence-corrected chi connectivity index (χ0v) is 15.7. The molecule has 0 saturated carbocycles. The highest BCUT2D eigenvalue weighted by Gasteiger charge is 2.12. The maximum atomic E-state index is 12.3. The summed E-state index contributed by atoms with van der Waals surface area (Å²) in [6, 6.07) is 22.6. The Bertz CT molecular complexity index is 1180. The van der Waals surface area contributed by atoms with Gasteiger partial charge in [-0.1, -0.05) is 42.5 Å². The topological polar surface area (TPSA) is 101 Å². The van der Waals surface area contributed by atoms with E-state index in [0.717, 1.165) is 22.0 Å². The largest absolute Gasteiger partial charge is 0.366 e. The molecular weight excluding hydrogens is 364 g/mol. The highest BCUT2D eigenvalue weighted by Crippen LogP contribution is 2.28. The molecule has 0 radical (unpaired) electrons. The smallest absolute Gasteiger partial charge is 0.248 e. The molecule has 144 valence electrons. The third-order valence-electron chi connectivity index (χ3n) is 4.75. The van der Waals surface area contributed by atoms with Crippen molar-refractivity contribution in [2.24, 2.45) is 5.73 Å². The predicted octanol–water partition coefficient (Wildman–Crippen LogP) is 3.90. The number of nitrogens with one attached hydrogen (secondary N) is 2. The van der Waals surface area contributed by atoms with Gasteiger partial charge in [-0.2, -0.15) is 5.10 Å². The molecule has 0 bridgehead atoms. The summed E-state index contributed by atoms with van der Waals surface area (Å²) in [5.41, 5.74) is 9.98. The number of nitrogens with zero attached hydrogens (tertiary/aromatic N) is 1. The van der Waals surface area contributed by atoms with Gasteiger partial charge in [0.2, 0.25) is 11.8 Å². The van der Waals surface area contributed by atoms with Gasteiger partial charge in [0, 0.05) is 28.6 Å². The standard InChI is InChI=1S/C23H20N4O2/c24-23(29)17-10-11-20-19(14-17)22(27-26-20)16-7-4-8-18(13-16)25-21(28)12-9-15-5-2-1-3-6-15/h1-8,10-11,13-14H,9,12H2,(H2,24,29)(H,25,28)(H,26,27). The first-order valence-corrected chi connectivity index (χ1v) is 9.32. The van der Waals surface area contributed by atoms with Crippen molar-refractivity contribution in [2.45, 2.75) is 12.8 Å². The summed E-state index contributed by atoms with van der Waals surface area (Å²) in [6.45, 7) is 0. The van der Waals surface area contributed by atoms with Crippen LogP contribution in [0.15, 0.2) is 72.8 Å². The zero-order chi connectivity index (χ0) is 20.2. The van der Waals surface area contributed by atoms with Crippen LogP contribution in [0.3, 0.4) is 0 Å². The third kappa shape index (κ3) is 4.16. The molecule has 1 heterocycles. The van der Waals surface area contributed by atoms with E-state index in [1.807, 2.05) is 54.6 Å². The van der Waals surface area contributed by atoms with Gasteiger partial charge in [0.25, 0.3) is 0 Å². The molecule has 4 rings (SSSR count). The number of primary amides is 1.